The summed E-state index contributed by atoms with van der Waals surface area (Å²) in [7, 11) is 0. The number of carbonyl (C=O) groups excluding carboxylic acids is 3. The quantitative estimate of drug-likeness (QED) is 0.196. The molecule has 9 atom stereocenters. The Morgan fingerprint density at radius 1 is 0.524 bits per heavy atom. The standard InChI is InChI=1S/C36H65N3O3/c1-7-24(4)28-16-10-13-19-31(28)37-34(40)22-27(36(42)39-33-21-15-12-18-30(33)26(6)9-3)23-35(41)38-32-20-14-11-17-29(32)25(5)8-2/h24-33H,7-23H2,1-6H3,(H,37,40)(H,38,41)(H,39,42). The Morgan fingerprint density at radius 2 is 0.833 bits per heavy atom. The molecule has 242 valence electrons. The first-order valence-corrected chi connectivity index (χ1v) is 18.1. The number of hydrogen-bond donors (Lipinski definition) is 3. The van der Waals surface area contributed by atoms with Crippen LogP contribution in [0.25, 0.3) is 0 Å². The van der Waals surface area contributed by atoms with Crippen LogP contribution in [0, 0.1) is 41.4 Å². The lowest BCUT2D eigenvalue weighted by Gasteiger charge is -2.37. The first kappa shape index (κ1) is 34.9. The van der Waals surface area contributed by atoms with Gasteiger partial charge in [-0.25, -0.2) is 0 Å². The minimum atomic E-state index is -0.638. The van der Waals surface area contributed by atoms with Crippen LogP contribution in [0.4, 0.5) is 0 Å². The minimum Gasteiger partial charge on any atom is -0.353 e. The second-order valence-corrected chi connectivity index (χ2v) is 14.6. The zero-order chi connectivity index (χ0) is 30.6. The van der Waals surface area contributed by atoms with Crippen molar-refractivity contribution in [1.29, 1.82) is 0 Å². The number of carbonyl (C=O) groups is 3. The van der Waals surface area contributed by atoms with Gasteiger partial charge in [-0.3, -0.25) is 14.4 Å². The van der Waals surface area contributed by atoms with Gasteiger partial charge in [0.15, 0.2) is 0 Å². The van der Waals surface area contributed by atoms with Gasteiger partial charge in [-0.2, -0.15) is 0 Å². The molecule has 6 nitrogen and oxygen atoms in total. The summed E-state index contributed by atoms with van der Waals surface area (Å²) in [6.45, 7) is 13.6. The molecule has 3 aliphatic rings. The molecule has 3 fully saturated rings. The van der Waals surface area contributed by atoms with Gasteiger partial charge in [0, 0.05) is 31.0 Å². The van der Waals surface area contributed by atoms with Crippen LogP contribution in [0.1, 0.15) is 151 Å². The molecule has 0 aromatic heterocycles. The highest BCUT2D eigenvalue weighted by molar-refractivity contribution is 5.90. The molecule has 9 unspecified atom stereocenters. The maximum absolute atomic E-state index is 13.9. The van der Waals surface area contributed by atoms with Crippen LogP contribution in [-0.4, -0.2) is 35.8 Å². The maximum Gasteiger partial charge on any atom is 0.224 e. The van der Waals surface area contributed by atoms with Gasteiger partial charge in [0.25, 0.3) is 0 Å². The van der Waals surface area contributed by atoms with Crippen molar-refractivity contribution in [3.05, 3.63) is 0 Å². The molecule has 0 bridgehead atoms. The molecule has 3 N–H and O–H groups in total. The van der Waals surface area contributed by atoms with E-state index in [4.69, 9.17) is 0 Å². The van der Waals surface area contributed by atoms with Gasteiger partial charge in [-0.05, 0) is 74.0 Å². The Labute approximate surface area is 258 Å². The molecule has 3 aliphatic carbocycles. The van der Waals surface area contributed by atoms with Crippen LogP contribution in [-0.2, 0) is 14.4 Å². The van der Waals surface area contributed by atoms with E-state index in [-0.39, 0.29) is 48.7 Å². The predicted octanol–water partition coefficient (Wildman–Crippen LogP) is 7.55. The molecule has 3 rings (SSSR count). The summed E-state index contributed by atoms with van der Waals surface area (Å²) in [6, 6.07) is 0.479. The summed E-state index contributed by atoms with van der Waals surface area (Å²) < 4.78 is 0. The van der Waals surface area contributed by atoms with Crippen LogP contribution in [0.3, 0.4) is 0 Å². The largest absolute Gasteiger partial charge is 0.353 e. The zero-order valence-corrected chi connectivity index (χ0v) is 28.0. The van der Waals surface area contributed by atoms with Crippen molar-refractivity contribution >= 4 is 17.7 Å². The highest BCUT2D eigenvalue weighted by Crippen LogP contribution is 2.35. The van der Waals surface area contributed by atoms with E-state index in [0.29, 0.717) is 35.5 Å². The minimum absolute atomic E-state index is 0.0691. The van der Waals surface area contributed by atoms with E-state index < -0.39 is 5.92 Å². The van der Waals surface area contributed by atoms with Gasteiger partial charge in [0.1, 0.15) is 0 Å². The smallest absolute Gasteiger partial charge is 0.224 e. The second-order valence-electron chi connectivity index (χ2n) is 14.6. The third kappa shape index (κ3) is 9.97. The summed E-state index contributed by atoms with van der Waals surface area (Å²) in [5.74, 6) is 2.25. The lowest BCUT2D eigenvalue weighted by Crippen LogP contribution is -2.50. The molecule has 42 heavy (non-hydrogen) atoms. The molecule has 6 heteroatoms. The van der Waals surface area contributed by atoms with E-state index in [1.807, 2.05) is 0 Å². The van der Waals surface area contributed by atoms with E-state index in [0.717, 1.165) is 77.0 Å². The van der Waals surface area contributed by atoms with E-state index in [1.165, 1.54) is 19.3 Å². The van der Waals surface area contributed by atoms with Crippen LogP contribution in [0.2, 0.25) is 0 Å². The van der Waals surface area contributed by atoms with E-state index in [1.54, 1.807) is 0 Å². The zero-order valence-electron chi connectivity index (χ0n) is 28.0. The molecule has 0 heterocycles. The highest BCUT2D eigenvalue weighted by Gasteiger charge is 2.36. The lowest BCUT2D eigenvalue weighted by atomic mass is 9.75. The van der Waals surface area contributed by atoms with Crippen LogP contribution < -0.4 is 16.0 Å². The molecular weight excluding hydrogens is 522 g/mol. The van der Waals surface area contributed by atoms with E-state index in [9.17, 15) is 14.4 Å². The van der Waals surface area contributed by atoms with Crippen LogP contribution in [0.5, 0.6) is 0 Å². The SMILES string of the molecule is CCC(C)C1CCCCC1NC(=O)CC(CC(=O)NC1CCCCC1C(C)CC)C(=O)NC1CCCCC1C(C)CC. The van der Waals surface area contributed by atoms with Gasteiger partial charge < -0.3 is 16.0 Å². The molecule has 3 saturated carbocycles. The van der Waals surface area contributed by atoms with Crippen LogP contribution in [0.15, 0.2) is 0 Å². The number of nitrogens with one attached hydrogen (secondary N) is 3. The first-order chi connectivity index (χ1) is 20.2. The Hall–Kier alpha value is -1.59. The fourth-order valence-corrected chi connectivity index (χ4v) is 8.50. The van der Waals surface area contributed by atoms with E-state index in [2.05, 4.69) is 57.5 Å². The molecule has 0 saturated heterocycles. The van der Waals surface area contributed by atoms with Gasteiger partial charge in [-0.15, -0.1) is 0 Å². The van der Waals surface area contributed by atoms with Crippen molar-refractivity contribution < 1.29 is 14.4 Å². The fraction of sp³-hybridized carbons (Fsp3) is 0.917. The van der Waals surface area contributed by atoms with Gasteiger partial charge in [-0.1, -0.05) is 99.3 Å². The number of amides is 3. The van der Waals surface area contributed by atoms with Crippen molar-refractivity contribution in [3.63, 3.8) is 0 Å². The second kappa shape index (κ2) is 17.6. The van der Waals surface area contributed by atoms with Crippen LogP contribution >= 0.6 is 0 Å². The number of hydrogen-bond acceptors (Lipinski definition) is 3. The Morgan fingerprint density at radius 3 is 1.17 bits per heavy atom. The average molecular weight is 588 g/mol. The molecule has 0 radical (unpaired) electrons. The average Bonchev–Trinajstić information content (AvgIpc) is 3.00. The summed E-state index contributed by atoms with van der Waals surface area (Å²) in [4.78, 5) is 40.9. The monoisotopic (exact) mass is 588 g/mol. The molecule has 0 aromatic rings. The fourth-order valence-electron chi connectivity index (χ4n) is 8.50. The first-order valence-electron chi connectivity index (χ1n) is 18.1. The number of rotatable bonds is 14. The lowest BCUT2D eigenvalue weighted by molar-refractivity contribution is -0.135. The third-order valence-corrected chi connectivity index (χ3v) is 11.8. The molecule has 3 amide bonds. The van der Waals surface area contributed by atoms with Crippen molar-refractivity contribution in [2.45, 2.75) is 169 Å². The Balaban J connectivity index is 1.71. The van der Waals surface area contributed by atoms with Crippen molar-refractivity contribution in [2.24, 2.45) is 41.4 Å². The van der Waals surface area contributed by atoms with Gasteiger partial charge in [0.2, 0.25) is 17.7 Å². The molecule has 0 aliphatic heterocycles. The topological polar surface area (TPSA) is 87.3 Å². The Kier molecular flexibility index (Phi) is 14.7. The normalized spacial score (nSPS) is 31.3. The summed E-state index contributed by atoms with van der Waals surface area (Å²) in [5.41, 5.74) is 0. The van der Waals surface area contributed by atoms with Crippen molar-refractivity contribution in [3.8, 4) is 0 Å². The summed E-state index contributed by atoms with van der Waals surface area (Å²) in [5, 5.41) is 10.1. The van der Waals surface area contributed by atoms with Gasteiger partial charge in [0.05, 0.1) is 5.92 Å². The molecular formula is C36H65N3O3. The summed E-state index contributed by atoms with van der Waals surface area (Å²) >= 11 is 0. The summed E-state index contributed by atoms with van der Waals surface area (Å²) in [6.07, 6.45) is 17.0. The molecule has 0 spiro atoms. The predicted molar refractivity (Wildman–Crippen MR) is 173 cm³/mol. The Bertz CT molecular complexity index is 801. The van der Waals surface area contributed by atoms with Crippen molar-refractivity contribution in [2.75, 3.05) is 0 Å². The van der Waals surface area contributed by atoms with Gasteiger partial charge >= 0.3 is 0 Å². The van der Waals surface area contributed by atoms with E-state index >= 15 is 0 Å². The third-order valence-electron chi connectivity index (χ3n) is 11.8. The highest BCUT2D eigenvalue weighted by atomic mass is 16.2. The molecule has 0 aromatic carbocycles. The maximum atomic E-state index is 13.9. The van der Waals surface area contributed by atoms with Crippen molar-refractivity contribution in [1.82, 2.24) is 16.0 Å².